The largest absolute Gasteiger partial charge is 0.298 e. The summed E-state index contributed by atoms with van der Waals surface area (Å²) in [5.41, 5.74) is 1.45. The normalized spacial score (nSPS) is 28.8. The Labute approximate surface area is 264 Å². The lowest BCUT2D eigenvalue weighted by Crippen LogP contribution is -2.49. The third kappa shape index (κ3) is 3.31. The zero-order chi connectivity index (χ0) is 30.1. The van der Waals surface area contributed by atoms with Gasteiger partial charge in [-0.05, 0) is 50.3 Å². The summed E-state index contributed by atoms with van der Waals surface area (Å²) in [5.74, 6) is -3.28. The first-order valence-corrected chi connectivity index (χ1v) is 15.7. The number of imide groups is 1. The predicted octanol–water partition coefficient (Wildman–Crippen LogP) is 7.59. The van der Waals surface area contributed by atoms with Crippen LogP contribution in [0.4, 0.5) is 5.69 Å². The van der Waals surface area contributed by atoms with Crippen molar-refractivity contribution >= 4 is 39.2 Å². The molecule has 8 rings (SSSR count). The van der Waals surface area contributed by atoms with Gasteiger partial charge in [0.2, 0.25) is 11.8 Å². The molecule has 2 amide bonds. The van der Waals surface area contributed by atoms with E-state index in [1.165, 1.54) is 4.90 Å². The molecule has 44 heavy (non-hydrogen) atoms. The predicted molar refractivity (Wildman–Crippen MR) is 173 cm³/mol. The van der Waals surface area contributed by atoms with Gasteiger partial charge in [0, 0.05) is 16.3 Å². The van der Waals surface area contributed by atoms with E-state index in [0.29, 0.717) is 10.2 Å². The van der Waals surface area contributed by atoms with Gasteiger partial charge in [-0.2, -0.15) is 0 Å². The SMILES string of the molecule is O=C1[C@@H]2[C@H](C(=O)N1c1ccccc1Br)[C@@]1(c3ccccc3)C(=O)[C@@]2(c2ccccc2)[C@@H](c2ccccc2)[C@H]1c1ccccc1. The Kier molecular flexibility index (Phi) is 6.11. The van der Waals surface area contributed by atoms with E-state index < -0.39 is 34.5 Å². The molecule has 2 aliphatic carbocycles. The third-order valence-electron chi connectivity index (χ3n) is 10.3. The van der Waals surface area contributed by atoms with E-state index in [-0.39, 0.29) is 17.6 Å². The van der Waals surface area contributed by atoms with Gasteiger partial charge in [-0.15, -0.1) is 0 Å². The second-order valence-electron chi connectivity index (χ2n) is 12.0. The molecular formula is C39H28BrNO3. The number of hydrogen-bond acceptors (Lipinski definition) is 3. The van der Waals surface area contributed by atoms with Crippen LogP contribution in [0, 0.1) is 11.8 Å². The van der Waals surface area contributed by atoms with Gasteiger partial charge in [-0.1, -0.05) is 133 Å². The van der Waals surface area contributed by atoms with Crippen LogP contribution >= 0.6 is 15.9 Å². The van der Waals surface area contributed by atoms with Crippen molar-refractivity contribution in [3.8, 4) is 0 Å². The zero-order valence-corrected chi connectivity index (χ0v) is 25.3. The first kappa shape index (κ1) is 27.0. The Morgan fingerprint density at radius 1 is 0.455 bits per heavy atom. The maximum atomic E-state index is 15.9. The standard InChI is InChI=1S/C39H28BrNO3/c40-29-23-13-14-24-30(29)41-35(42)33-34(36(41)43)39(28-21-11-4-12-22-28)32(26-17-7-2-8-18-26)31(25-15-5-1-6-16-25)38(33,37(39)44)27-19-9-3-10-20-27/h1-24,31-34H/t31-,32+,33-,34+,38-,39-/m0/s1. The zero-order valence-electron chi connectivity index (χ0n) is 23.7. The van der Waals surface area contributed by atoms with Gasteiger partial charge < -0.3 is 0 Å². The average Bonchev–Trinajstić information content (AvgIpc) is 3.59. The number of hydrogen-bond donors (Lipinski definition) is 0. The lowest BCUT2D eigenvalue weighted by atomic mass is 9.52. The van der Waals surface area contributed by atoms with Crippen LogP contribution in [0.15, 0.2) is 150 Å². The molecule has 5 aromatic rings. The van der Waals surface area contributed by atoms with Crippen LogP contribution in [0.5, 0.6) is 0 Å². The number of benzene rings is 5. The van der Waals surface area contributed by atoms with Crippen LogP contribution in [0.3, 0.4) is 0 Å². The molecule has 3 aliphatic rings. The van der Waals surface area contributed by atoms with Gasteiger partial charge in [0.25, 0.3) is 0 Å². The molecule has 5 aromatic carbocycles. The molecule has 214 valence electrons. The summed E-state index contributed by atoms with van der Waals surface area (Å²) in [7, 11) is 0. The number of carbonyl (C=O) groups excluding carboxylic acids is 3. The molecule has 5 heteroatoms. The Hall–Kier alpha value is -4.61. The summed E-state index contributed by atoms with van der Waals surface area (Å²) in [6.07, 6.45) is 0. The molecular weight excluding hydrogens is 610 g/mol. The van der Waals surface area contributed by atoms with Crippen molar-refractivity contribution in [3.63, 3.8) is 0 Å². The fourth-order valence-electron chi connectivity index (χ4n) is 8.92. The fourth-order valence-corrected chi connectivity index (χ4v) is 9.38. The van der Waals surface area contributed by atoms with Crippen molar-refractivity contribution in [2.75, 3.05) is 4.90 Å². The van der Waals surface area contributed by atoms with Crippen molar-refractivity contribution in [2.45, 2.75) is 22.7 Å². The second-order valence-corrected chi connectivity index (χ2v) is 12.8. The highest BCUT2D eigenvalue weighted by Gasteiger charge is 2.86. The van der Waals surface area contributed by atoms with E-state index >= 15 is 4.79 Å². The van der Waals surface area contributed by atoms with E-state index in [2.05, 4.69) is 40.2 Å². The summed E-state index contributed by atoms with van der Waals surface area (Å²) in [5, 5.41) is 0. The highest BCUT2D eigenvalue weighted by molar-refractivity contribution is 9.10. The van der Waals surface area contributed by atoms with Gasteiger partial charge in [-0.25, -0.2) is 4.90 Å². The number of amides is 2. The Balaban J connectivity index is 1.53. The fraction of sp³-hybridized carbons (Fsp3) is 0.154. The first-order chi connectivity index (χ1) is 21.5. The second kappa shape index (κ2) is 9.96. The van der Waals surface area contributed by atoms with Gasteiger partial charge in [0.1, 0.15) is 0 Å². The summed E-state index contributed by atoms with van der Waals surface area (Å²) in [6.45, 7) is 0. The maximum Gasteiger partial charge on any atom is 0.239 e. The Morgan fingerprint density at radius 3 is 1.23 bits per heavy atom. The van der Waals surface area contributed by atoms with Crippen LogP contribution in [-0.4, -0.2) is 17.6 Å². The Bertz CT molecular complexity index is 1800. The molecule has 1 aliphatic heterocycles. The van der Waals surface area contributed by atoms with E-state index in [1.54, 1.807) is 6.07 Å². The van der Waals surface area contributed by atoms with Crippen molar-refractivity contribution in [1.29, 1.82) is 0 Å². The number of carbonyl (C=O) groups is 3. The molecule has 0 spiro atoms. The highest BCUT2D eigenvalue weighted by atomic mass is 79.9. The summed E-state index contributed by atoms with van der Waals surface area (Å²) < 4.78 is 0.655. The molecule has 0 radical (unpaired) electrons. The lowest BCUT2D eigenvalue weighted by Gasteiger charge is -2.46. The van der Waals surface area contributed by atoms with Crippen LogP contribution < -0.4 is 4.90 Å². The Morgan fingerprint density at radius 2 is 0.818 bits per heavy atom. The van der Waals surface area contributed by atoms with Crippen LogP contribution in [-0.2, 0) is 25.2 Å². The maximum absolute atomic E-state index is 15.9. The molecule has 2 bridgehead atoms. The van der Waals surface area contributed by atoms with Crippen LogP contribution in [0.25, 0.3) is 0 Å². The van der Waals surface area contributed by atoms with Gasteiger partial charge in [0.05, 0.1) is 28.4 Å². The summed E-state index contributed by atoms with van der Waals surface area (Å²) >= 11 is 3.60. The van der Waals surface area contributed by atoms with E-state index in [1.807, 2.05) is 115 Å². The molecule has 2 saturated carbocycles. The quantitative estimate of drug-likeness (QED) is 0.187. The number of nitrogens with zero attached hydrogens (tertiary/aromatic N) is 1. The minimum Gasteiger partial charge on any atom is -0.298 e. The average molecular weight is 639 g/mol. The number of para-hydroxylation sites is 1. The third-order valence-corrected chi connectivity index (χ3v) is 10.9. The van der Waals surface area contributed by atoms with Gasteiger partial charge in [-0.3, -0.25) is 14.4 Å². The van der Waals surface area contributed by atoms with E-state index in [9.17, 15) is 9.59 Å². The highest BCUT2D eigenvalue weighted by Crippen LogP contribution is 2.77. The lowest BCUT2D eigenvalue weighted by molar-refractivity contribution is -0.131. The smallest absolute Gasteiger partial charge is 0.239 e. The molecule has 3 fully saturated rings. The molecule has 0 unspecified atom stereocenters. The van der Waals surface area contributed by atoms with E-state index in [4.69, 9.17) is 0 Å². The summed E-state index contributed by atoms with van der Waals surface area (Å²) in [4.78, 5) is 47.2. The molecule has 6 atom stereocenters. The monoisotopic (exact) mass is 637 g/mol. The number of halogens is 1. The minimum atomic E-state index is -1.29. The van der Waals surface area contributed by atoms with Crippen molar-refractivity contribution in [3.05, 3.63) is 172 Å². The van der Waals surface area contributed by atoms with Gasteiger partial charge in [0.15, 0.2) is 5.78 Å². The topological polar surface area (TPSA) is 54.5 Å². The number of ketones is 1. The van der Waals surface area contributed by atoms with Crippen molar-refractivity contribution < 1.29 is 14.4 Å². The number of anilines is 1. The van der Waals surface area contributed by atoms with Crippen LogP contribution in [0.2, 0.25) is 0 Å². The molecule has 4 nitrogen and oxygen atoms in total. The molecule has 1 saturated heterocycles. The van der Waals surface area contributed by atoms with Gasteiger partial charge >= 0.3 is 0 Å². The molecule has 1 heterocycles. The van der Waals surface area contributed by atoms with Crippen molar-refractivity contribution in [1.82, 2.24) is 0 Å². The summed E-state index contributed by atoms with van der Waals surface area (Å²) in [6, 6.07) is 47.0. The number of fused-ring (bicyclic) bond motifs is 5. The number of Topliss-reactive ketones (excluding diaryl/α,β-unsaturated/α-hetero) is 1. The molecule has 0 N–H and O–H groups in total. The number of rotatable bonds is 5. The van der Waals surface area contributed by atoms with Crippen molar-refractivity contribution in [2.24, 2.45) is 11.8 Å². The minimum absolute atomic E-state index is 0.0476. The molecule has 0 aromatic heterocycles. The van der Waals surface area contributed by atoms with Crippen LogP contribution in [0.1, 0.15) is 34.1 Å². The van der Waals surface area contributed by atoms with E-state index in [0.717, 1.165) is 22.3 Å². The first-order valence-electron chi connectivity index (χ1n) is 14.9.